The predicted octanol–water partition coefficient (Wildman–Crippen LogP) is 4.05. The number of alkyl halides is 3. The lowest BCUT2D eigenvalue weighted by Crippen LogP contribution is -2.51. The molecule has 1 N–H and O–H groups in total. The molecule has 2 heterocycles. The van der Waals surface area contributed by atoms with E-state index in [-0.39, 0.29) is 19.0 Å². The van der Waals surface area contributed by atoms with Gasteiger partial charge >= 0.3 is 12.2 Å². The molecule has 3 rings (SSSR count). The third-order valence-electron chi connectivity index (χ3n) is 5.40. The number of anilines is 1. The minimum atomic E-state index is -4.30. The molecule has 134 valence electrons. The first-order valence-corrected chi connectivity index (χ1v) is 8.30. The quantitative estimate of drug-likeness (QED) is 0.899. The highest BCUT2D eigenvalue weighted by Crippen LogP contribution is 2.45. The minimum absolute atomic E-state index is 0.0676. The molecule has 2 fully saturated rings. The number of hydrogen-bond donors (Lipinski definition) is 1. The normalized spacial score (nSPS) is 24.9. The Balaban J connectivity index is 1.67. The van der Waals surface area contributed by atoms with Gasteiger partial charge in [-0.2, -0.15) is 18.3 Å². The van der Waals surface area contributed by atoms with E-state index in [9.17, 15) is 18.0 Å². The number of carbonyl (C=O) groups excluding carboxylic acids is 1. The Morgan fingerprint density at radius 1 is 1.38 bits per heavy atom. The maximum absolute atomic E-state index is 13.1. The van der Waals surface area contributed by atoms with Crippen molar-refractivity contribution in [1.82, 2.24) is 14.7 Å². The van der Waals surface area contributed by atoms with Crippen LogP contribution in [-0.2, 0) is 0 Å². The first-order chi connectivity index (χ1) is 11.1. The molecule has 2 atom stereocenters. The fourth-order valence-corrected chi connectivity index (χ4v) is 3.63. The Kier molecular flexibility index (Phi) is 4.04. The number of urea groups is 1. The molecule has 5 nitrogen and oxygen atoms in total. The summed E-state index contributed by atoms with van der Waals surface area (Å²) in [6.45, 7) is 5.11. The molecule has 1 aliphatic heterocycles. The smallest absolute Gasteiger partial charge is 0.319 e. The predicted molar refractivity (Wildman–Crippen MR) is 83.6 cm³/mol. The van der Waals surface area contributed by atoms with E-state index in [1.54, 1.807) is 17.1 Å². The van der Waals surface area contributed by atoms with Crippen molar-refractivity contribution < 1.29 is 18.0 Å². The Morgan fingerprint density at radius 2 is 2.04 bits per heavy atom. The standard InChI is InChI=1S/C16H23F3N4O/c1-10(11-4-5-11)23-9-12(8-20-23)21-14(24)22-7-6-13(15(22,2)3)16(17,18)19/h8-11,13H,4-7H2,1-3H3,(H,21,24)/t10-,13-/m1/s1. The van der Waals surface area contributed by atoms with Crippen molar-refractivity contribution in [2.45, 2.75) is 57.8 Å². The third-order valence-corrected chi connectivity index (χ3v) is 5.40. The zero-order valence-corrected chi connectivity index (χ0v) is 14.1. The third kappa shape index (κ3) is 3.10. The number of nitrogens with one attached hydrogen (secondary N) is 1. The van der Waals surface area contributed by atoms with E-state index in [1.165, 1.54) is 31.6 Å². The van der Waals surface area contributed by atoms with Crippen molar-refractivity contribution >= 4 is 11.7 Å². The van der Waals surface area contributed by atoms with Crippen LogP contribution in [0.15, 0.2) is 12.4 Å². The van der Waals surface area contributed by atoms with Crippen LogP contribution in [0.4, 0.5) is 23.7 Å². The molecule has 24 heavy (non-hydrogen) atoms. The van der Waals surface area contributed by atoms with Crippen LogP contribution in [0.2, 0.25) is 0 Å². The van der Waals surface area contributed by atoms with E-state index in [0.29, 0.717) is 11.6 Å². The van der Waals surface area contributed by atoms with Crippen molar-refractivity contribution in [2.24, 2.45) is 11.8 Å². The van der Waals surface area contributed by atoms with Gasteiger partial charge in [0.2, 0.25) is 0 Å². The molecule has 2 aliphatic rings. The van der Waals surface area contributed by atoms with Gasteiger partial charge in [0.05, 0.1) is 29.4 Å². The monoisotopic (exact) mass is 344 g/mol. The van der Waals surface area contributed by atoms with Gasteiger partial charge in [-0.25, -0.2) is 4.79 Å². The van der Waals surface area contributed by atoms with Crippen LogP contribution in [0.1, 0.15) is 46.1 Å². The first-order valence-electron chi connectivity index (χ1n) is 8.30. The summed E-state index contributed by atoms with van der Waals surface area (Å²) in [5.41, 5.74) is -0.752. The van der Waals surface area contributed by atoms with Crippen LogP contribution in [0.3, 0.4) is 0 Å². The lowest BCUT2D eigenvalue weighted by atomic mass is 9.88. The number of nitrogens with zero attached hydrogens (tertiary/aromatic N) is 3. The average Bonchev–Trinajstić information content (AvgIpc) is 3.11. The molecule has 2 amide bonds. The highest BCUT2D eigenvalue weighted by atomic mass is 19.4. The molecular weight excluding hydrogens is 321 g/mol. The molecular formula is C16H23F3N4O. The van der Waals surface area contributed by atoms with Gasteiger partial charge in [-0.15, -0.1) is 0 Å². The summed E-state index contributed by atoms with van der Waals surface area (Å²) in [6, 6.07) is -0.237. The maximum atomic E-state index is 13.1. The summed E-state index contributed by atoms with van der Waals surface area (Å²) >= 11 is 0. The lowest BCUT2D eigenvalue weighted by molar-refractivity contribution is -0.189. The molecule has 1 aliphatic carbocycles. The second-order valence-electron chi connectivity index (χ2n) is 7.41. The SMILES string of the molecule is C[C@H](C1CC1)n1cc(NC(=O)N2CC[C@@H](C(F)(F)F)C2(C)C)cn1. The fraction of sp³-hybridized carbons (Fsp3) is 0.750. The van der Waals surface area contributed by atoms with E-state index < -0.39 is 23.7 Å². The second-order valence-corrected chi connectivity index (χ2v) is 7.41. The Bertz CT molecular complexity index is 621. The van der Waals surface area contributed by atoms with Gasteiger partial charge in [-0.05, 0) is 46.0 Å². The van der Waals surface area contributed by atoms with Crippen molar-refractivity contribution in [3.05, 3.63) is 12.4 Å². The summed E-state index contributed by atoms with van der Waals surface area (Å²) in [7, 11) is 0. The number of amides is 2. The van der Waals surface area contributed by atoms with E-state index in [1.807, 2.05) is 0 Å². The van der Waals surface area contributed by atoms with Gasteiger partial charge in [0.25, 0.3) is 0 Å². The highest BCUT2D eigenvalue weighted by Gasteiger charge is 2.56. The number of halogens is 3. The van der Waals surface area contributed by atoms with E-state index in [0.717, 1.165) is 0 Å². The van der Waals surface area contributed by atoms with E-state index >= 15 is 0 Å². The van der Waals surface area contributed by atoms with Crippen molar-refractivity contribution in [3.63, 3.8) is 0 Å². The molecule has 1 aromatic rings. The molecule has 0 unspecified atom stereocenters. The van der Waals surface area contributed by atoms with Crippen molar-refractivity contribution in [3.8, 4) is 0 Å². The number of hydrogen-bond acceptors (Lipinski definition) is 2. The lowest BCUT2D eigenvalue weighted by Gasteiger charge is -2.36. The van der Waals surface area contributed by atoms with E-state index in [2.05, 4.69) is 17.3 Å². The summed E-state index contributed by atoms with van der Waals surface area (Å²) in [4.78, 5) is 13.7. The topological polar surface area (TPSA) is 50.2 Å². The van der Waals surface area contributed by atoms with Crippen molar-refractivity contribution in [1.29, 1.82) is 0 Å². The van der Waals surface area contributed by atoms with Gasteiger partial charge < -0.3 is 10.2 Å². The molecule has 1 aromatic heterocycles. The zero-order chi connectivity index (χ0) is 17.7. The van der Waals surface area contributed by atoms with Gasteiger partial charge in [-0.1, -0.05) is 0 Å². The fourth-order valence-electron chi connectivity index (χ4n) is 3.63. The van der Waals surface area contributed by atoms with Gasteiger partial charge in [0.1, 0.15) is 0 Å². The van der Waals surface area contributed by atoms with Gasteiger partial charge in [-0.3, -0.25) is 4.68 Å². The van der Waals surface area contributed by atoms with E-state index in [4.69, 9.17) is 0 Å². The molecule has 0 aromatic carbocycles. The minimum Gasteiger partial charge on any atom is -0.319 e. The summed E-state index contributed by atoms with van der Waals surface area (Å²) in [5.74, 6) is -0.883. The number of carbonyl (C=O) groups is 1. The Morgan fingerprint density at radius 3 is 2.58 bits per heavy atom. The average molecular weight is 344 g/mol. The molecule has 0 spiro atoms. The largest absolute Gasteiger partial charge is 0.394 e. The summed E-state index contributed by atoms with van der Waals surface area (Å²) < 4.78 is 41.2. The Hall–Kier alpha value is -1.73. The molecule has 0 bridgehead atoms. The summed E-state index contributed by atoms with van der Waals surface area (Å²) in [6.07, 6.45) is 1.28. The van der Waals surface area contributed by atoms with Crippen LogP contribution >= 0.6 is 0 Å². The van der Waals surface area contributed by atoms with Crippen molar-refractivity contribution in [2.75, 3.05) is 11.9 Å². The van der Waals surface area contributed by atoms with Crippen LogP contribution < -0.4 is 5.32 Å². The Labute approximate surface area is 139 Å². The zero-order valence-electron chi connectivity index (χ0n) is 14.1. The van der Waals surface area contributed by atoms with Crippen LogP contribution in [0.25, 0.3) is 0 Å². The second kappa shape index (κ2) is 5.67. The van der Waals surface area contributed by atoms with Crippen LogP contribution in [-0.4, -0.2) is 39.0 Å². The highest BCUT2D eigenvalue weighted by molar-refractivity contribution is 5.89. The first kappa shape index (κ1) is 17.1. The van der Waals surface area contributed by atoms with Gasteiger partial charge in [0, 0.05) is 12.7 Å². The van der Waals surface area contributed by atoms with Crippen LogP contribution in [0.5, 0.6) is 0 Å². The summed E-state index contributed by atoms with van der Waals surface area (Å²) in [5, 5.41) is 6.93. The molecule has 0 radical (unpaired) electrons. The number of aromatic nitrogens is 2. The number of likely N-dealkylation sites (tertiary alicyclic amines) is 1. The number of rotatable bonds is 3. The molecule has 1 saturated carbocycles. The molecule has 8 heteroatoms. The maximum Gasteiger partial charge on any atom is 0.394 e. The van der Waals surface area contributed by atoms with Gasteiger partial charge in [0.15, 0.2) is 0 Å². The molecule has 1 saturated heterocycles. The van der Waals surface area contributed by atoms with Crippen LogP contribution in [0, 0.1) is 11.8 Å².